The number of imidazole rings is 1. The molecule has 3 heterocycles. The fraction of sp³-hybridized carbons (Fsp3) is 0.182. The van der Waals surface area contributed by atoms with E-state index in [2.05, 4.69) is 189 Å². The molecule has 1 radical (unpaired) electrons. The van der Waals surface area contributed by atoms with Crippen molar-refractivity contribution in [2.24, 2.45) is 5.41 Å². The Balaban J connectivity index is 0.000000244. The van der Waals surface area contributed by atoms with Crippen molar-refractivity contribution in [2.45, 2.75) is 73.5 Å². The molecule has 0 fully saturated rings. The second-order valence-corrected chi connectivity index (χ2v) is 19.7. The molecule has 3 aromatic heterocycles. The topological polar surface area (TPSA) is 43.9 Å². The van der Waals surface area contributed by atoms with Gasteiger partial charge in [-0.15, -0.1) is 48.0 Å². The number of rotatable bonds is 9. The van der Waals surface area contributed by atoms with Crippen molar-refractivity contribution >= 4 is 33.0 Å². The molecule has 361 valence electrons. The van der Waals surface area contributed by atoms with Gasteiger partial charge in [-0.2, -0.15) is 0 Å². The zero-order valence-corrected chi connectivity index (χ0v) is 43.8. The summed E-state index contributed by atoms with van der Waals surface area (Å²) in [5, 5.41) is 2.14. The number of nitrogens with zero attached hydrogens (tertiary/aromatic N) is 3. The molecule has 0 N–H and O–H groups in total. The molecule has 4 nitrogen and oxygen atoms in total. The number of aromatic nitrogens is 3. The average Bonchev–Trinajstić information content (AvgIpc) is 4.05. The van der Waals surface area contributed by atoms with E-state index in [1.54, 1.807) is 20.8 Å². The van der Waals surface area contributed by atoms with Gasteiger partial charge in [-0.25, -0.2) is 0 Å². The van der Waals surface area contributed by atoms with Gasteiger partial charge in [0.1, 0.15) is 5.58 Å². The first-order valence-corrected chi connectivity index (χ1v) is 24.2. The Morgan fingerprint density at radius 1 is 0.667 bits per heavy atom. The molecule has 0 unspecified atom stereocenters. The van der Waals surface area contributed by atoms with Crippen molar-refractivity contribution in [2.75, 3.05) is 0 Å². The first-order chi connectivity index (χ1) is 36.3. The van der Waals surface area contributed by atoms with Crippen LogP contribution in [0.3, 0.4) is 0 Å². The summed E-state index contributed by atoms with van der Waals surface area (Å²) in [4.78, 5) is 9.46. The molecule has 0 spiro atoms. The zero-order valence-electron chi connectivity index (χ0n) is 46.4. The second-order valence-electron chi connectivity index (χ2n) is 19.7. The summed E-state index contributed by atoms with van der Waals surface area (Å²) in [5.41, 5.74) is 15.4. The Hall–Kier alpha value is -7.24. The molecule has 0 aliphatic heterocycles. The van der Waals surface area contributed by atoms with Crippen molar-refractivity contribution in [1.82, 2.24) is 14.5 Å². The minimum absolute atomic E-state index is 0. The zero-order chi connectivity index (χ0) is 53.7. The van der Waals surface area contributed by atoms with E-state index in [1.807, 2.05) is 12.1 Å². The van der Waals surface area contributed by atoms with Gasteiger partial charge < -0.3 is 14.0 Å². The summed E-state index contributed by atoms with van der Waals surface area (Å²) in [5.74, 6) is 0.904. The Kier molecular flexibility index (Phi) is 12.6. The van der Waals surface area contributed by atoms with Crippen LogP contribution in [0.25, 0.3) is 94.7 Å². The van der Waals surface area contributed by atoms with Gasteiger partial charge in [-0.1, -0.05) is 180 Å². The summed E-state index contributed by atoms with van der Waals surface area (Å²) in [6.45, 7) is 11.8. The van der Waals surface area contributed by atoms with Gasteiger partial charge in [-0.05, 0) is 117 Å². The van der Waals surface area contributed by atoms with E-state index < -0.39 is 24.5 Å². The number of halogens is 1. The van der Waals surface area contributed by atoms with Crippen LogP contribution in [0, 0.1) is 30.2 Å². The molecule has 8 aromatic carbocycles. The van der Waals surface area contributed by atoms with Crippen LogP contribution in [0.15, 0.2) is 187 Å². The van der Waals surface area contributed by atoms with E-state index in [9.17, 15) is 4.39 Å². The van der Waals surface area contributed by atoms with E-state index in [0.717, 1.165) is 61.6 Å². The monoisotopic (exact) mass is 1130 g/mol. The van der Waals surface area contributed by atoms with Crippen LogP contribution in [-0.4, -0.2) is 14.5 Å². The van der Waals surface area contributed by atoms with Crippen molar-refractivity contribution in [3.63, 3.8) is 0 Å². The molecule has 0 saturated carbocycles. The maximum Gasteiger partial charge on any atom is 0.121 e. The molecule has 72 heavy (non-hydrogen) atoms. The molecular formula is C66H58FIrN3O-2. The van der Waals surface area contributed by atoms with Crippen LogP contribution in [-0.2, 0) is 26.5 Å². The minimum Gasteiger partial charge on any atom is -0.501 e. The van der Waals surface area contributed by atoms with Crippen LogP contribution in [0.4, 0.5) is 4.39 Å². The van der Waals surface area contributed by atoms with E-state index in [4.69, 9.17) is 16.3 Å². The summed E-state index contributed by atoms with van der Waals surface area (Å²) in [7, 11) is 0. The van der Waals surface area contributed by atoms with Crippen LogP contribution in [0.5, 0.6) is 0 Å². The fourth-order valence-electron chi connectivity index (χ4n) is 9.28. The molecule has 0 atom stereocenters. The molecule has 11 aromatic rings. The Morgan fingerprint density at radius 2 is 1.28 bits per heavy atom. The normalized spacial score (nSPS) is 13.0. The minimum atomic E-state index is -2.48. The molecule has 0 aliphatic rings. The third-order valence-electron chi connectivity index (χ3n) is 12.8. The Labute approximate surface area is 444 Å². The number of para-hydroxylation sites is 2. The van der Waals surface area contributed by atoms with Crippen molar-refractivity contribution in [1.29, 1.82) is 0 Å². The second kappa shape index (κ2) is 20.8. The average molecular weight is 1130 g/mol. The van der Waals surface area contributed by atoms with E-state index in [1.165, 1.54) is 63.5 Å². The molecule has 0 bridgehead atoms. The van der Waals surface area contributed by atoms with E-state index >= 15 is 0 Å². The Bertz CT molecular complexity index is 3850. The van der Waals surface area contributed by atoms with Crippen LogP contribution >= 0.6 is 0 Å². The van der Waals surface area contributed by atoms with Gasteiger partial charge in [0.2, 0.25) is 0 Å². The first kappa shape index (κ1) is 43.5. The maximum absolute atomic E-state index is 13.1. The summed E-state index contributed by atoms with van der Waals surface area (Å²) in [6.07, 6.45) is -0.715. The van der Waals surface area contributed by atoms with Crippen LogP contribution < -0.4 is 0 Å². The number of pyridine rings is 1. The number of hydrogen-bond donors (Lipinski definition) is 0. The van der Waals surface area contributed by atoms with Gasteiger partial charge in [-0.3, -0.25) is 9.37 Å². The quantitative estimate of drug-likeness (QED) is 0.135. The predicted octanol–water partition coefficient (Wildman–Crippen LogP) is 18.2. The summed E-state index contributed by atoms with van der Waals surface area (Å²) >= 11 is 0. The maximum atomic E-state index is 13.1. The number of furan rings is 1. The van der Waals surface area contributed by atoms with Gasteiger partial charge >= 0.3 is 0 Å². The van der Waals surface area contributed by atoms with Crippen LogP contribution in [0.1, 0.15) is 89.4 Å². The van der Waals surface area contributed by atoms with Gasteiger partial charge in [0.15, 0.2) is 0 Å². The molecule has 0 amide bonds. The van der Waals surface area contributed by atoms with E-state index in [-0.39, 0.29) is 43.1 Å². The molecule has 6 heteroatoms. The van der Waals surface area contributed by atoms with E-state index in [0.29, 0.717) is 11.3 Å². The van der Waals surface area contributed by atoms with Crippen molar-refractivity contribution in [3.05, 3.63) is 222 Å². The number of hydrogen-bond acceptors (Lipinski definition) is 3. The summed E-state index contributed by atoms with van der Waals surface area (Å²) < 4.78 is 62.1. The van der Waals surface area contributed by atoms with Crippen LogP contribution in [0.2, 0.25) is 0 Å². The Morgan fingerprint density at radius 3 is 1.90 bits per heavy atom. The predicted molar refractivity (Wildman–Crippen MR) is 293 cm³/mol. The third-order valence-corrected chi connectivity index (χ3v) is 12.8. The van der Waals surface area contributed by atoms with Gasteiger partial charge in [0.25, 0.3) is 0 Å². The SMILES string of the molecule is CC(C)c1cc(-c2ccc(-c3ccccc3)cc2)cc(C(C)C)c1-n1c(-c2[c-]ccc3c2oc2cc(-c4ccccc4)ccc23)nc2ccccc21.[2H]C([2H])([2H])c1cnc(-c2[c-]cc(F)cc2)cc1C([2H])([2H])C(C)(C)C.[Ir]. The van der Waals surface area contributed by atoms with Gasteiger partial charge in [0.05, 0.1) is 22.4 Å². The number of fused-ring (bicyclic) bond motifs is 4. The number of benzene rings is 8. The molecular weight excluding hydrogens is 1060 g/mol. The van der Waals surface area contributed by atoms with Crippen molar-refractivity contribution in [3.8, 4) is 61.7 Å². The molecule has 11 rings (SSSR count). The number of aryl methyl sites for hydroxylation is 1. The fourth-order valence-corrected chi connectivity index (χ4v) is 9.28. The molecule has 0 saturated heterocycles. The third kappa shape index (κ3) is 10.3. The summed E-state index contributed by atoms with van der Waals surface area (Å²) in [6, 6.07) is 65.5. The largest absolute Gasteiger partial charge is 0.501 e. The molecule has 0 aliphatic carbocycles. The smallest absolute Gasteiger partial charge is 0.121 e. The van der Waals surface area contributed by atoms with Gasteiger partial charge in [0, 0.05) is 50.0 Å². The van der Waals surface area contributed by atoms with Crippen molar-refractivity contribution < 1.29 is 35.8 Å². The standard InChI is InChI=1S/C49H39N2O.C17H19FN.Ir/c1-31(2)42-28-38(36-24-22-35(23-25-36)33-14-7-5-8-15-33)29-43(32(3)4)47(42)51-45-21-12-11-20-44(45)50-49(51)41-19-13-18-40-39-27-26-37(30-46(39)52-48(40)41)34-16-9-6-10-17-34;1-12-11-19-16(9-14(12)10-17(2,3)4)13-5-7-15(18)8-6-13;/h5-18,20-32H,1-4H3;5,7-9,11H,10H2,1-4H3;/q2*-1;/i;1D3,10D2;. The first-order valence-electron chi connectivity index (χ1n) is 26.7.